The topological polar surface area (TPSA) is 64.1 Å². The number of aliphatic imine (C=N–C) groups is 1. The third-order valence-corrected chi connectivity index (χ3v) is 6.13. The van der Waals surface area contributed by atoms with E-state index in [1.54, 1.807) is 7.05 Å². The minimum atomic E-state index is -0.0430. The van der Waals surface area contributed by atoms with Gasteiger partial charge in [-0.3, -0.25) is 4.99 Å². The lowest BCUT2D eigenvalue weighted by atomic mass is 9.74. The van der Waals surface area contributed by atoms with Crippen LogP contribution in [-0.2, 0) is 19.6 Å². The van der Waals surface area contributed by atoms with Crippen LogP contribution in [-0.4, -0.2) is 65.2 Å². The van der Waals surface area contributed by atoms with Crippen LogP contribution >= 0.6 is 35.6 Å². The van der Waals surface area contributed by atoms with Crippen LogP contribution in [0.15, 0.2) is 29.3 Å². The van der Waals surface area contributed by atoms with Crippen molar-refractivity contribution in [2.45, 2.75) is 43.6 Å². The first-order valence-electron chi connectivity index (χ1n) is 10.7. The lowest BCUT2D eigenvalue weighted by molar-refractivity contribution is 0.0168. The van der Waals surface area contributed by atoms with Gasteiger partial charge < -0.3 is 24.8 Å². The molecule has 2 saturated heterocycles. The van der Waals surface area contributed by atoms with Crippen LogP contribution < -0.4 is 10.6 Å². The van der Waals surface area contributed by atoms with Gasteiger partial charge in [-0.1, -0.05) is 29.8 Å². The molecule has 2 fully saturated rings. The van der Waals surface area contributed by atoms with E-state index < -0.39 is 0 Å². The third kappa shape index (κ3) is 7.51. The zero-order valence-electron chi connectivity index (χ0n) is 17.8. The molecule has 1 aromatic rings. The van der Waals surface area contributed by atoms with Gasteiger partial charge in [0.25, 0.3) is 0 Å². The molecule has 0 spiro atoms. The molecule has 6 nitrogen and oxygen atoms in total. The highest BCUT2D eigenvalue weighted by Crippen LogP contribution is 2.38. The Morgan fingerprint density at radius 2 is 2.03 bits per heavy atom. The zero-order valence-corrected chi connectivity index (χ0v) is 20.9. The SMILES string of the molecule is CN=C(NCCCOCC1CCCO1)NCC1(c2ccccc2Cl)CCOCC1.I. The Morgan fingerprint density at radius 3 is 2.73 bits per heavy atom. The first-order valence-corrected chi connectivity index (χ1v) is 11.1. The molecule has 0 aromatic heterocycles. The second-order valence-corrected chi connectivity index (χ2v) is 8.20. The number of benzene rings is 1. The number of ether oxygens (including phenoxy) is 3. The van der Waals surface area contributed by atoms with Gasteiger partial charge in [-0.25, -0.2) is 0 Å². The summed E-state index contributed by atoms with van der Waals surface area (Å²) in [6.07, 6.45) is 5.37. The molecule has 2 aliphatic rings. The fourth-order valence-electron chi connectivity index (χ4n) is 4.04. The van der Waals surface area contributed by atoms with Crippen LogP contribution in [0, 0.1) is 0 Å². The lowest BCUT2D eigenvalue weighted by Gasteiger charge is -2.38. The molecular weight excluding hydrogens is 517 g/mol. The van der Waals surface area contributed by atoms with Crippen LogP contribution in [0.1, 0.15) is 37.7 Å². The average Bonchev–Trinajstić information content (AvgIpc) is 3.27. The van der Waals surface area contributed by atoms with Gasteiger partial charge in [-0.05, 0) is 43.7 Å². The predicted molar refractivity (Wildman–Crippen MR) is 132 cm³/mol. The van der Waals surface area contributed by atoms with Crippen molar-refractivity contribution in [3.05, 3.63) is 34.9 Å². The first-order chi connectivity index (χ1) is 14.2. The van der Waals surface area contributed by atoms with E-state index in [4.69, 9.17) is 25.8 Å². The molecule has 1 aromatic carbocycles. The van der Waals surface area contributed by atoms with E-state index in [1.165, 1.54) is 5.56 Å². The Balaban J connectivity index is 0.00000320. The zero-order chi connectivity index (χ0) is 20.4. The molecule has 170 valence electrons. The van der Waals surface area contributed by atoms with Crippen LogP contribution in [0.2, 0.25) is 5.02 Å². The summed E-state index contributed by atoms with van der Waals surface area (Å²) in [4.78, 5) is 4.37. The van der Waals surface area contributed by atoms with Gasteiger partial charge in [0.15, 0.2) is 5.96 Å². The van der Waals surface area contributed by atoms with Gasteiger partial charge >= 0.3 is 0 Å². The van der Waals surface area contributed by atoms with Crippen LogP contribution in [0.3, 0.4) is 0 Å². The highest BCUT2D eigenvalue weighted by Gasteiger charge is 2.36. The molecule has 0 saturated carbocycles. The summed E-state index contributed by atoms with van der Waals surface area (Å²) in [5.41, 5.74) is 1.15. The van der Waals surface area contributed by atoms with Gasteiger partial charge in [0, 0.05) is 57.0 Å². The van der Waals surface area contributed by atoms with Crippen molar-refractivity contribution in [1.82, 2.24) is 10.6 Å². The Bertz CT molecular complexity index is 650. The molecule has 8 heteroatoms. The van der Waals surface area contributed by atoms with Crippen molar-refractivity contribution in [3.63, 3.8) is 0 Å². The maximum absolute atomic E-state index is 6.54. The Morgan fingerprint density at radius 1 is 1.23 bits per heavy atom. The maximum Gasteiger partial charge on any atom is 0.191 e. The molecule has 1 atom stereocenters. The second-order valence-electron chi connectivity index (χ2n) is 7.79. The van der Waals surface area contributed by atoms with Crippen LogP contribution in [0.4, 0.5) is 0 Å². The fourth-order valence-corrected chi connectivity index (χ4v) is 4.38. The maximum atomic E-state index is 6.54. The minimum Gasteiger partial charge on any atom is -0.381 e. The van der Waals surface area contributed by atoms with Crippen LogP contribution in [0.5, 0.6) is 0 Å². The number of guanidine groups is 1. The van der Waals surface area contributed by atoms with Gasteiger partial charge in [0.2, 0.25) is 0 Å². The summed E-state index contributed by atoms with van der Waals surface area (Å²) in [5.74, 6) is 0.807. The quantitative estimate of drug-likeness (QED) is 0.212. The Labute approximate surface area is 202 Å². The lowest BCUT2D eigenvalue weighted by Crippen LogP contribution is -2.48. The minimum absolute atomic E-state index is 0. The molecular formula is C22H35ClIN3O3. The number of hydrogen-bond acceptors (Lipinski definition) is 4. The second kappa shape index (κ2) is 13.7. The van der Waals surface area contributed by atoms with E-state index in [0.717, 1.165) is 82.6 Å². The summed E-state index contributed by atoms with van der Waals surface area (Å²) in [6, 6.07) is 8.14. The Kier molecular flexibility index (Phi) is 11.7. The van der Waals surface area contributed by atoms with Gasteiger partial charge in [0.05, 0.1) is 12.7 Å². The number of nitrogens with zero attached hydrogens (tertiary/aromatic N) is 1. The van der Waals surface area contributed by atoms with Crippen molar-refractivity contribution < 1.29 is 14.2 Å². The first kappa shape index (κ1) is 25.6. The highest BCUT2D eigenvalue weighted by atomic mass is 127. The summed E-state index contributed by atoms with van der Waals surface area (Å²) < 4.78 is 16.9. The van der Waals surface area contributed by atoms with Crippen molar-refractivity contribution >= 4 is 41.5 Å². The van der Waals surface area contributed by atoms with E-state index in [2.05, 4.69) is 27.8 Å². The molecule has 3 rings (SSSR count). The highest BCUT2D eigenvalue weighted by molar-refractivity contribution is 14.0. The summed E-state index contributed by atoms with van der Waals surface area (Å²) in [5, 5.41) is 7.71. The van der Waals surface area contributed by atoms with E-state index in [-0.39, 0.29) is 35.5 Å². The molecule has 0 bridgehead atoms. The fraction of sp³-hybridized carbons (Fsp3) is 0.682. The average molecular weight is 552 g/mol. The van der Waals surface area contributed by atoms with E-state index in [0.29, 0.717) is 6.61 Å². The normalized spacial score (nSPS) is 21.1. The molecule has 30 heavy (non-hydrogen) atoms. The van der Waals surface area contributed by atoms with Crippen molar-refractivity contribution in [1.29, 1.82) is 0 Å². The standard InChI is InChI=1S/C22H34ClN3O3.HI/c1-24-21(25-11-5-12-28-16-18-6-4-13-29-18)26-17-22(9-14-27-15-10-22)19-7-2-3-8-20(19)23;/h2-3,7-8,18H,4-6,9-17H2,1H3,(H2,24,25,26);1H. The number of rotatable bonds is 9. The summed E-state index contributed by atoms with van der Waals surface area (Å²) in [6.45, 7) is 5.39. The largest absolute Gasteiger partial charge is 0.381 e. The van der Waals surface area contributed by atoms with Crippen molar-refractivity contribution in [3.8, 4) is 0 Å². The van der Waals surface area contributed by atoms with Crippen molar-refractivity contribution in [2.75, 3.05) is 53.2 Å². The van der Waals surface area contributed by atoms with Crippen molar-refractivity contribution in [2.24, 2.45) is 4.99 Å². The molecule has 0 amide bonds. The molecule has 2 aliphatic heterocycles. The number of halogens is 2. The summed E-state index contributed by atoms with van der Waals surface area (Å²) in [7, 11) is 1.80. The van der Waals surface area contributed by atoms with Gasteiger partial charge in [-0.2, -0.15) is 0 Å². The summed E-state index contributed by atoms with van der Waals surface area (Å²) >= 11 is 6.54. The van der Waals surface area contributed by atoms with E-state index in [9.17, 15) is 0 Å². The number of hydrogen-bond donors (Lipinski definition) is 2. The van der Waals surface area contributed by atoms with Gasteiger partial charge in [-0.15, -0.1) is 24.0 Å². The molecule has 0 radical (unpaired) electrons. The van der Waals surface area contributed by atoms with E-state index in [1.807, 2.05) is 12.1 Å². The smallest absolute Gasteiger partial charge is 0.191 e. The predicted octanol–water partition coefficient (Wildman–Crippen LogP) is 3.76. The molecule has 2 heterocycles. The number of nitrogens with one attached hydrogen (secondary N) is 2. The molecule has 0 aliphatic carbocycles. The molecule has 2 N–H and O–H groups in total. The third-order valence-electron chi connectivity index (χ3n) is 5.80. The van der Waals surface area contributed by atoms with Gasteiger partial charge in [0.1, 0.15) is 0 Å². The van der Waals surface area contributed by atoms with E-state index >= 15 is 0 Å². The van der Waals surface area contributed by atoms with Crippen LogP contribution in [0.25, 0.3) is 0 Å². The monoisotopic (exact) mass is 551 g/mol. The molecule has 1 unspecified atom stereocenters. The Hall–Kier alpha value is -0.610.